The summed E-state index contributed by atoms with van der Waals surface area (Å²) in [5.74, 6) is -0.307. The van der Waals surface area contributed by atoms with Gasteiger partial charge in [-0.15, -0.1) is 0 Å². The van der Waals surface area contributed by atoms with E-state index in [4.69, 9.17) is 4.74 Å². The third-order valence-electron chi connectivity index (χ3n) is 2.87. The Kier molecular flexibility index (Phi) is 6.93. The predicted octanol–water partition coefficient (Wildman–Crippen LogP) is 0.480. The van der Waals surface area contributed by atoms with Crippen molar-refractivity contribution < 1.29 is 19.1 Å². The summed E-state index contributed by atoms with van der Waals surface area (Å²) in [7, 11) is 0. The fraction of sp³-hybridized carbons (Fsp3) is 0.643. The van der Waals surface area contributed by atoms with Crippen LogP contribution in [-0.4, -0.2) is 48.9 Å². The maximum Gasteiger partial charge on any atom is 0.253 e. The van der Waals surface area contributed by atoms with Crippen molar-refractivity contribution in [1.82, 2.24) is 10.2 Å². The molecule has 0 atom stereocenters. The first kappa shape index (κ1) is 16.4. The molecule has 1 rings (SSSR count). The van der Waals surface area contributed by atoms with Crippen LogP contribution in [0.3, 0.4) is 0 Å². The van der Waals surface area contributed by atoms with E-state index in [1.54, 1.807) is 0 Å². The molecular formula is C14H22N2O4. The molecule has 112 valence electrons. The molecule has 6 nitrogen and oxygen atoms in total. The molecule has 3 amide bonds. The molecular weight excluding hydrogens is 260 g/mol. The second-order valence-corrected chi connectivity index (χ2v) is 5.06. The highest BCUT2D eigenvalue weighted by Crippen LogP contribution is 2.03. The van der Waals surface area contributed by atoms with Crippen molar-refractivity contribution in [3.8, 4) is 0 Å². The van der Waals surface area contributed by atoms with E-state index < -0.39 is 0 Å². The molecule has 0 bridgehead atoms. The van der Waals surface area contributed by atoms with E-state index >= 15 is 0 Å². The van der Waals surface area contributed by atoms with E-state index in [0.717, 1.165) is 11.3 Å². The number of carbonyl (C=O) groups excluding carboxylic acids is 3. The number of hydrogen-bond donors (Lipinski definition) is 1. The molecule has 0 aromatic rings. The Morgan fingerprint density at radius 2 is 1.90 bits per heavy atom. The number of nitrogens with one attached hydrogen (secondary N) is 1. The van der Waals surface area contributed by atoms with Crippen molar-refractivity contribution in [3.63, 3.8) is 0 Å². The number of imide groups is 1. The van der Waals surface area contributed by atoms with Gasteiger partial charge in [0.1, 0.15) is 0 Å². The zero-order chi connectivity index (χ0) is 15.0. The number of carbonyl (C=O) groups is 3. The summed E-state index contributed by atoms with van der Waals surface area (Å²) in [6, 6.07) is 0. The van der Waals surface area contributed by atoms with E-state index in [9.17, 15) is 14.4 Å². The van der Waals surface area contributed by atoms with Crippen LogP contribution in [0, 0.1) is 5.92 Å². The summed E-state index contributed by atoms with van der Waals surface area (Å²) in [5, 5.41) is 2.69. The average molecular weight is 282 g/mol. The maximum absolute atomic E-state index is 11.5. The Balaban J connectivity index is 2.04. The molecule has 0 saturated heterocycles. The van der Waals surface area contributed by atoms with Crippen LogP contribution in [0.4, 0.5) is 0 Å². The molecule has 0 fully saturated rings. The number of nitrogens with zero attached hydrogens (tertiary/aromatic N) is 1. The van der Waals surface area contributed by atoms with Crippen LogP contribution in [0.2, 0.25) is 0 Å². The topological polar surface area (TPSA) is 75.7 Å². The van der Waals surface area contributed by atoms with Crippen molar-refractivity contribution >= 4 is 17.7 Å². The Hall–Kier alpha value is -1.69. The zero-order valence-electron chi connectivity index (χ0n) is 12.1. The van der Waals surface area contributed by atoms with E-state index in [0.29, 0.717) is 25.7 Å². The third kappa shape index (κ3) is 5.97. The average Bonchev–Trinajstić information content (AvgIpc) is 2.70. The van der Waals surface area contributed by atoms with Crippen LogP contribution < -0.4 is 5.32 Å². The maximum atomic E-state index is 11.5. The lowest BCUT2D eigenvalue weighted by atomic mass is 10.1. The summed E-state index contributed by atoms with van der Waals surface area (Å²) in [5.41, 5.74) is 0. The highest BCUT2D eigenvalue weighted by molar-refractivity contribution is 6.13. The van der Waals surface area contributed by atoms with Crippen molar-refractivity contribution in [2.75, 3.05) is 26.3 Å². The molecule has 1 heterocycles. The van der Waals surface area contributed by atoms with Crippen LogP contribution in [0.15, 0.2) is 12.2 Å². The van der Waals surface area contributed by atoms with E-state index in [-0.39, 0.29) is 30.7 Å². The number of rotatable bonds is 9. The van der Waals surface area contributed by atoms with Gasteiger partial charge in [0.2, 0.25) is 5.91 Å². The highest BCUT2D eigenvalue weighted by Gasteiger charge is 2.23. The van der Waals surface area contributed by atoms with Crippen molar-refractivity contribution in [2.24, 2.45) is 5.92 Å². The van der Waals surface area contributed by atoms with Crippen LogP contribution >= 0.6 is 0 Å². The van der Waals surface area contributed by atoms with Crippen molar-refractivity contribution in [3.05, 3.63) is 12.2 Å². The Morgan fingerprint density at radius 1 is 1.25 bits per heavy atom. The first-order chi connectivity index (χ1) is 9.50. The second-order valence-electron chi connectivity index (χ2n) is 5.06. The Labute approximate surface area is 119 Å². The molecule has 0 spiro atoms. The normalized spacial score (nSPS) is 14.4. The fourth-order valence-corrected chi connectivity index (χ4v) is 1.64. The van der Waals surface area contributed by atoms with Crippen LogP contribution in [0.5, 0.6) is 0 Å². The molecule has 20 heavy (non-hydrogen) atoms. The molecule has 0 aliphatic carbocycles. The lowest BCUT2D eigenvalue weighted by Crippen LogP contribution is -2.35. The first-order valence-corrected chi connectivity index (χ1v) is 6.88. The van der Waals surface area contributed by atoms with Gasteiger partial charge in [0.05, 0.1) is 6.61 Å². The smallest absolute Gasteiger partial charge is 0.253 e. The molecule has 0 saturated carbocycles. The van der Waals surface area contributed by atoms with Crippen LogP contribution in [-0.2, 0) is 19.1 Å². The third-order valence-corrected chi connectivity index (χ3v) is 2.87. The molecule has 6 heteroatoms. The first-order valence-electron chi connectivity index (χ1n) is 6.88. The minimum Gasteiger partial charge on any atom is -0.380 e. The lowest BCUT2D eigenvalue weighted by Gasteiger charge is -2.13. The van der Waals surface area contributed by atoms with Gasteiger partial charge < -0.3 is 10.1 Å². The minimum absolute atomic E-state index is 0.116. The number of hydrogen-bond acceptors (Lipinski definition) is 4. The van der Waals surface area contributed by atoms with Crippen LogP contribution in [0.25, 0.3) is 0 Å². The van der Waals surface area contributed by atoms with Crippen molar-refractivity contribution in [1.29, 1.82) is 0 Å². The predicted molar refractivity (Wildman–Crippen MR) is 73.8 cm³/mol. The summed E-state index contributed by atoms with van der Waals surface area (Å²) >= 11 is 0. The minimum atomic E-state index is -0.361. The van der Waals surface area contributed by atoms with Gasteiger partial charge >= 0.3 is 0 Å². The van der Waals surface area contributed by atoms with Gasteiger partial charge in [-0.3, -0.25) is 19.3 Å². The molecule has 1 aliphatic rings. The zero-order valence-corrected chi connectivity index (χ0v) is 12.1. The van der Waals surface area contributed by atoms with E-state index in [2.05, 4.69) is 19.2 Å². The summed E-state index contributed by atoms with van der Waals surface area (Å²) < 4.78 is 5.36. The van der Waals surface area contributed by atoms with Gasteiger partial charge in [-0.2, -0.15) is 0 Å². The van der Waals surface area contributed by atoms with Gasteiger partial charge in [0.25, 0.3) is 11.8 Å². The van der Waals surface area contributed by atoms with Gasteiger partial charge in [-0.1, -0.05) is 13.8 Å². The van der Waals surface area contributed by atoms with E-state index in [1.165, 1.54) is 12.2 Å². The highest BCUT2D eigenvalue weighted by atomic mass is 16.5. The monoisotopic (exact) mass is 282 g/mol. The Morgan fingerprint density at radius 3 is 2.50 bits per heavy atom. The SMILES string of the molecule is CC(C)CCOCCNC(=O)CCN1C(=O)C=CC1=O. The number of ether oxygens (including phenoxy) is 1. The van der Waals surface area contributed by atoms with E-state index in [1.807, 2.05) is 0 Å². The summed E-state index contributed by atoms with van der Waals surface area (Å²) in [6.45, 7) is 5.97. The molecule has 0 aromatic carbocycles. The van der Waals surface area contributed by atoms with Gasteiger partial charge in [-0.25, -0.2) is 0 Å². The van der Waals surface area contributed by atoms with Crippen molar-refractivity contribution in [2.45, 2.75) is 26.7 Å². The van der Waals surface area contributed by atoms with Gasteiger partial charge in [0, 0.05) is 38.3 Å². The lowest BCUT2D eigenvalue weighted by molar-refractivity contribution is -0.137. The molecule has 0 aromatic heterocycles. The molecule has 1 aliphatic heterocycles. The molecule has 1 N–H and O–H groups in total. The largest absolute Gasteiger partial charge is 0.380 e. The summed E-state index contributed by atoms with van der Waals surface area (Å²) in [6.07, 6.45) is 3.54. The molecule has 0 radical (unpaired) electrons. The summed E-state index contributed by atoms with van der Waals surface area (Å²) in [4.78, 5) is 35.1. The standard InChI is InChI=1S/C14H22N2O4/c1-11(2)6-9-20-10-7-15-12(17)5-8-16-13(18)3-4-14(16)19/h3-4,11H,5-10H2,1-2H3,(H,15,17). The quantitative estimate of drug-likeness (QED) is 0.493. The van der Waals surface area contributed by atoms with Crippen LogP contribution in [0.1, 0.15) is 26.7 Å². The second kappa shape index (κ2) is 8.47. The van der Waals surface area contributed by atoms with Gasteiger partial charge in [0.15, 0.2) is 0 Å². The Bertz CT molecular complexity index is 373. The van der Waals surface area contributed by atoms with Gasteiger partial charge in [-0.05, 0) is 12.3 Å². The molecule has 0 unspecified atom stereocenters. The number of amides is 3. The fourth-order valence-electron chi connectivity index (χ4n) is 1.64.